The number of aryl methyl sites for hydroxylation is 3. The molecular weight excluding hydrogens is 411 g/mol. The van der Waals surface area contributed by atoms with E-state index in [1.54, 1.807) is 42.4 Å². The van der Waals surface area contributed by atoms with E-state index >= 15 is 0 Å². The van der Waals surface area contributed by atoms with E-state index in [0.717, 1.165) is 30.6 Å². The fourth-order valence-corrected chi connectivity index (χ4v) is 3.88. The van der Waals surface area contributed by atoms with Crippen LogP contribution in [-0.2, 0) is 18.7 Å². The molecule has 0 bridgehead atoms. The van der Waals surface area contributed by atoms with E-state index in [1.807, 2.05) is 23.9 Å². The molecule has 0 fully saturated rings. The normalized spacial score (nSPS) is 11.4. The second kappa shape index (κ2) is 10.2. The predicted octanol–water partition coefficient (Wildman–Crippen LogP) is 5.81. The van der Waals surface area contributed by atoms with Gasteiger partial charge in [0.15, 0.2) is 0 Å². The van der Waals surface area contributed by atoms with Gasteiger partial charge in [0.2, 0.25) is 5.89 Å². The maximum Gasteiger partial charge on any atom is 0.218 e. The summed E-state index contributed by atoms with van der Waals surface area (Å²) in [7, 11) is 0. The zero-order valence-electron chi connectivity index (χ0n) is 17.2. The van der Waals surface area contributed by atoms with Gasteiger partial charge >= 0.3 is 0 Å². The summed E-state index contributed by atoms with van der Waals surface area (Å²) in [6.45, 7) is 2.74. The summed E-state index contributed by atoms with van der Waals surface area (Å²) < 4.78 is 21.3. The molecule has 0 saturated carbocycles. The van der Waals surface area contributed by atoms with Gasteiger partial charge in [-0.3, -0.25) is 4.68 Å². The van der Waals surface area contributed by atoms with Crippen LogP contribution in [0.5, 0.6) is 0 Å². The van der Waals surface area contributed by atoms with Crippen LogP contribution in [-0.4, -0.2) is 20.0 Å². The molecule has 0 atom stereocenters. The van der Waals surface area contributed by atoms with Gasteiger partial charge < -0.3 is 4.42 Å². The van der Waals surface area contributed by atoms with E-state index in [0.29, 0.717) is 17.2 Å². The van der Waals surface area contributed by atoms with E-state index in [-0.39, 0.29) is 5.82 Å². The molecule has 0 unspecified atom stereocenters. The Hall–Kier alpha value is -3.19. The SMILES string of the molecule is Cc1ccc(/C=C/c2nc(CSc3ccc(CCCn4ccnn4)cc3)co2)c(F)c1. The summed E-state index contributed by atoms with van der Waals surface area (Å²) in [5.41, 5.74) is 3.57. The molecule has 5 nitrogen and oxygen atoms in total. The number of rotatable bonds is 9. The molecule has 2 heterocycles. The monoisotopic (exact) mass is 434 g/mol. The van der Waals surface area contributed by atoms with Gasteiger partial charge in [-0.1, -0.05) is 29.5 Å². The number of aromatic nitrogens is 4. The highest BCUT2D eigenvalue weighted by Gasteiger charge is 2.04. The van der Waals surface area contributed by atoms with Crippen LogP contribution in [0.15, 0.2) is 70.4 Å². The average molecular weight is 435 g/mol. The minimum atomic E-state index is -0.250. The van der Waals surface area contributed by atoms with Crippen molar-refractivity contribution in [2.75, 3.05) is 0 Å². The second-order valence-corrected chi connectivity index (χ2v) is 8.29. The highest BCUT2D eigenvalue weighted by atomic mass is 32.2. The molecule has 4 aromatic rings. The molecule has 0 aliphatic heterocycles. The molecule has 0 radical (unpaired) electrons. The molecule has 0 amide bonds. The number of oxazole rings is 1. The smallest absolute Gasteiger partial charge is 0.218 e. The number of benzene rings is 2. The second-order valence-electron chi connectivity index (χ2n) is 7.24. The largest absolute Gasteiger partial charge is 0.445 e. The van der Waals surface area contributed by atoms with Crippen molar-refractivity contribution in [2.45, 2.75) is 37.0 Å². The zero-order valence-corrected chi connectivity index (χ0v) is 18.1. The third-order valence-electron chi connectivity index (χ3n) is 4.77. The summed E-state index contributed by atoms with van der Waals surface area (Å²) in [6, 6.07) is 13.7. The Balaban J connectivity index is 1.25. The van der Waals surface area contributed by atoms with Gasteiger partial charge in [0.25, 0.3) is 0 Å². The first-order valence-corrected chi connectivity index (χ1v) is 11.1. The molecule has 0 aliphatic rings. The Morgan fingerprint density at radius 1 is 1.13 bits per heavy atom. The Kier molecular flexibility index (Phi) is 6.94. The van der Waals surface area contributed by atoms with Crippen LogP contribution in [0.25, 0.3) is 12.2 Å². The van der Waals surface area contributed by atoms with Crippen LogP contribution >= 0.6 is 11.8 Å². The summed E-state index contributed by atoms with van der Waals surface area (Å²) in [5.74, 6) is 0.931. The standard InChI is InChI=1S/C24H23FN4OS/c1-18-4-7-20(23(25)15-18)8-11-24-27-21(16-30-24)17-31-22-9-5-19(6-10-22)3-2-13-29-14-12-26-28-29/h4-12,14-16H,2-3,13,17H2,1H3/b11-8+. The number of thioether (sulfide) groups is 1. The molecule has 0 saturated heterocycles. The zero-order chi connectivity index (χ0) is 21.5. The molecule has 2 aromatic heterocycles. The first kappa shape index (κ1) is 21.1. The molecule has 0 spiro atoms. The van der Waals surface area contributed by atoms with Crippen LogP contribution in [0.2, 0.25) is 0 Å². The maximum absolute atomic E-state index is 13.9. The van der Waals surface area contributed by atoms with Gasteiger partial charge in [-0.15, -0.1) is 16.9 Å². The minimum Gasteiger partial charge on any atom is -0.445 e. The average Bonchev–Trinajstić information content (AvgIpc) is 3.45. The quantitative estimate of drug-likeness (QED) is 0.311. The van der Waals surface area contributed by atoms with E-state index in [2.05, 4.69) is 39.6 Å². The Morgan fingerprint density at radius 2 is 2.00 bits per heavy atom. The summed E-state index contributed by atoms with van der Waals surface area (Å²) in [5, 5.41) is 7.80. The number of nitrogens with zero attached hydrogens (tertiary/aromatic N) is 4. The number of hydrogen-bond acceptors (Lipinski definition) is 5. The first-order chi connectivity index (χ1) is 15.2. The third kappa shape index (κ3) is 6.15. The van der Waals surface area contributed by atoms with Gasteiger partial charge in [-0.2, -0.15) is 0 Å². The summed E-state index contributed by atoms with van der Waals surface area (Å²) in [6.07, 6.45) is 10.6. The highest BCUT2D eigenvalue weighted by Crippen LogP contribution is 2.23. The summed E-state index contributed by atoms with van der Waals surface area (Å²) >= 11 is 1.71. The lowest BCUT2D eigenvalue weighted by molar-refractivity contribution is 0.546. The number of halogens is 1. The Morgan fingerprint density at radius 3 is 2.77 bits per heavy atom. The topological polar surface area (TPSA) is 56.7 Å². The van der Waals surface area contributed by atoms with Crippen LogP contribution in [0.1, 0.15) is 34.7 Å². The van der Waals surface area contributed by atoms with E-state index < -0.39 is 0 Å². The molecular formula is C24H23FN4OS. The van der Waals surface area contributed by atoms with Gasteiger partial charge in [-0.25, -0.2) is 9.37 Å². The van der Waals surface area contributed by atoms with Crippen molar-refractivity contribution in [2.24, 2.45) is 0 Å². The van der Waals surface area contributed by atoms with Crippen LogP contribution in [0, 0.1) is 12.7 Å². The van der Waals surface area contributed by atoms with Gasteiger partial charge in [0, 0.05) is 35.0 Å². The lowest BCUT2D eigenvalue weighted by Gasteiger charge is -2.04. The fourth-order valence-electron chi connectivity index (χ4n) is 3.10. The molecule has 158 valence electrons. The first-order valence-electron chi connectivity index (χ1n) is 10.1. The lowest BCUT2D eigenvalue weighted by Crippen LogP contribution is -2.00. The fraction of sp³-hybridized carbons (Fsp3) is 0.208. The van der Waals surface area contributed by atoms with Gasteiger partial charge in [-0.05, 0) is 55.2 Å². The highest BCUT2D eigenvalue weighted by molar-refractivity contribution is 7.98. The Labute approximate surface area is 185 Å². The molecule has 4 rings (SSSR count). The van der Waals surface area contributed by atoms with Gasteiger partial charge in [0.1, 0.15) is 12.1 Å². The molecule has 0 aliphatic carbocycles. The maximum atomic E-state index is 13.9. The van der Waals surface area contributed by atoms with Crippen molar-refractivity contribution in [3.63, 3.8) is 0 Å². The molecule has 0 N–H and O–H groups in total. The van der Waals surface area contributed by atoms with Crippen molar-refractivity contribution in [3.8, 4) is 0 Å². The van der Waals surface area contributed by atoms with Crippen molar-refractivity contribution in [1.82, 2.24) is 20.0 Å². The third-order valence-corrected chi connectivity index (χ3v) is 5.81. The van der Waals surface area contributed by atoms with Gasteiger partial charge in [0.05, 0.1) is 11.9 Å². The molecule has 7 heteroatoms. The van der Waals surface area contributed by atoms with E-state index in [9.17, 15) is 4.39 Å². The Bertz CT molecular complexity index is 1140. The lowest BCUT2D eigenvalue weighted by atomic mass is 10.1. The molecule has 2 aromatic carbocycles. The molecule has 31 heavy (non-hydrogen) atoms. The van der Waals surface area contributed by atoms with E-state index in [1.165, 1.54) is 16.5 Å². The van der Waals surface area contributed by atoms with E-state index in [4.69, 9.17) is 4.42 Å². The predicted molar refractivity (Wildman–Crippen MR) is 121 cm³/mol. The van der Waals surface area contributed by atoms with Crippen LogP contribution in [0.3, 0.4) is 0 Å². The van der Waals surface area contributed by atoms with Crippen molar-refractivity contribution in [1.29, 1.82) is 0 Å². The minimum absolute atomic E-state index is 0.250. The van der Waals surface area contributed by atoms with Crippen molar-refractivity contribution in [3.05, 3.63) is 95.2 Å². The van der Waals surface area contributed by atoms with Crippen molar-refractivity contribution < 1.29 is 8.81 Å². The van der Waals surface area contributed by atoms with Crippen LogP contribution in [0.4, 0.5) is 4.39 Å². The van der Waals surface area contributed by atoms with Crippen molar-refractivity contribution >= 4 is 23.9 Å². The van der Waals surface area contributed by atoms with Crippen LogP contribution < -0.4 is 0 Å². The summed E-state index contributed by atoms with van der Waals surface area (Å²) in [4.78, 5) is 5.64. The number of hydrogen-bond donors (Lipinski definition) is 0.